The minimum Gasteiger partial charge on any atom is -0.431 e. The van der Waals surface area contributed by atoms with Crippen LogP contribution in [0.25, 0.3) is 0 Å². The number of nitrogens with one attached hydrogen (secondary N) is 1. The van der Waals surface area contributed by atoms with Crippen molar-refractivity contribution in [1.82, 2.24) is 15.1 Å². The lowest BCUT2D eigenvalue weighted by Crippen LogP contribution is -2.59. The average Bonchev–Trinajstić information content (AvgIpc) is 3.21. The number of carbonyl (C=O) groups is 2. The van der Waals surface area contributed by atoms with Gasteiger partial charge in [0.2, 0.25) is 0 Å². The number of fused-ring (bicyclic) bond motifs is 1. The maximum Gasteiger partial charge on any atom is 0.411 e. The largest absolute Gasteiger partial charge is 0.431 e. The van der Waals surface area contributed by atoms with Crippen molar-refractivity contribution < 1.29 is 14.3 Å². The molecule has 1 unspecified atom stereocenters. The van der Waals surface area contributed by atoms with Crippen LogP contribution < -0.4 is 11.1 Å². The lowest BCUT2D eigenvalue weighted by atomic mass is 9.79. The van der Waals surface area contributed by atoms with Crippen LogP contribution in [0.3, 0.4) is 0 Å². The molecule has 2 saturated heterocycles. The molecule has 0 spiro atoms. The summed E-state index contributed by atoms with van der Waals surface area (Å²) in [5.41, 5.74) is 8.55. The molecule has 1 atom stereocenters. The van der Waals surface area contributed by atoms with Gasteiger partial charge >= 0.3 is 12.1 Å². The number of ether oxygens (including phenoxy) is 1. The van der Waals surface area contributed by atoms with E-state index in [-0.39, 0.29) is 18.2 Å². The van der Waals surface area contributed by atoms with Crippen LogP contribution in [0, 0.1) is 0 Å². The summed E-state index contributed by atoms with van der Waals surface area (Å²) in [6.45, 7) is 2.10. The summed E-state index contributed by atoms with van der Waals surface area (Å²) in [5.74, 6) is 0. The molecule has 5 rings (SSSR count). The molecule has 0 aliphatic carbocycles. The molecule has 3 N–H and O–H groups in total. The number of piperazine rings is 1. The molecule has 3 aromatic carbocycles. The van der Waals surface area contributed by atoms with E-state index in [0.717, 1.165) is 22.3 Å². The fraction of sp³-hybridized carbons (Fsp3) is 0.259. The first-order chi connectivity index (χ1) is 16.6. The topological polar surface area (TPSA) is 87.9 Å². The van der Waals surface area contributed by atoms with Gasteiger partial charge in [0.1, 0.15) is 6.04 Å². The van der Waals surface area contributed by atoms with Gasteiger partial charge in [-0.15, -0.1) is 0 Å². The Morgan fingerprint density at radius 2 is 1.59 bits per heavy atom. The van der Waals surface area contributed by atoms with Gasteiger partial charge in [-0.05, 0) is 11.1 Å². The summed E-state index contributed by atoms with van der Waals surface area (Å²) in [5, 5.41) is 3.02. The van der Waals surface area contributed by atoms with Gasteiger partial charge in [-0.25, -0.2) is 9.59 Å². The zero-order valence-corrected chi connectivity index (χ0v) is 18.9. The number of rotatable bonds is 5. The molecule has 3 aromatic rings. The standard InChI is InChI=1S/C27H28N4O3/c28-17-20-8-7-9-21(16-20)18-29-25(32)30-14-15-31-24(19-30)27(34-26(31)33,22-10-3-1-4-11-22)23-12-5-2-6-13-23/h1-13,16,24H,14-15,17-19,28H2,(H,29,32). The molecule has 3 amide bonds. The van der Waals surface area contributed by atoms with Crippen molar-refractivity contribution in [3.63, 3.8) is 0 Å². The highest BCUT2D eigenvalue weighted by atomic mass is 16.6. The molecular weight excluding hydrogens is 428 g/mol. The average molecular weight is 457 g/mol. The van der Waals surface area contributed by atoms with E-state index in [1.54, 1.807) is 9.80 Å². The second-order valence-corrected chi connectivity index (χ2v) is 8.67. The van der Waals surface area contributed by atoms with Gasteiger partial charge in [0.15, 0.2) is 5.60 Å². The van der Waals surface area contributed by atoms with Gasteiger partial charge in [0.05, 0.1) is 0 Å². The van der Waals surface area contributed by atoms with Crippen LogP contribution in [0.4, 0.5) is 9.59 Å². The molecular formula is C27H28N4O3. The number of hydrogen-bond acceptors (Lipinski definition) is 4. The SMILES string of the molecule is NCc1cccc(CNC(=O)N2CCN3C(=O)OC(c4ccccc4)(c4ccccc4)C3C2)c1. The van der Waals surface area contributed by atoms with Crippen molar-refractivity contribution in [3.05, 3.63) is 107 Å². The smallest absolute Gasteiger partial charge is 0.411 e. The van der Waals surface area contributed by atoms with Crippen LogP contribution in [0.5, 0.6) is 0 Å². The molecule has 2 aliphatic heterocycles. The Labute approximate surface area is 199 Å². The third-order valence-electron chi connectivity index (χ3n) is 6.70. The van der Waals surface area contributed by atoms with Crippen molar-refractivity contribution >= 4 is 12.1 Å². The summed E-state index contributed by atoms with van der Waals surface area (Å²) < 4.78 is 6.17. The quantitative estimate of drug-likeness (QED) is 0.616. The molecule has 2 aliphatic rings. The van der Waals surface area contributed by atoms with E-state index in [0.29, 0.717) is 32.7 Å². The van der Waals surface area contributed by atoms with Crippen molar-refractivity contribution in [3.8, 4) is 0 Å². The molecule has 34 heavy (non-hydrogen) atoms. The first-order valence-electron chi connectivity index (χ1n) is 11.5. The van der Waals surface area contributed by atoms with Crippen LogP contribution in [-0.2, 0) is 23.4 Å². The first-order valence-corrected chi connectivity index (χ1v) is 11.5. The summed E-state index contributed by atoms with van der Waals surface area (Å²) in [7, 11) is 0. The fourth-order valence-electron chi connectivity index (χ4n) is 5.00. The van der Waals surface area contributed by atoms with E-state index < -0.39 is 5.60 Å². The number of amides is 3. The minimum absolute atomic E-state index is 0.160. The predicted molar refractivity (Wildman–Crippen MR) is 129 cm³/mol. The Kier molecular flexibility index (Phi) is 5.94. The number of nitrogens with two attached hydrogens (primary N) is 1. The Bertz CT molecular complexity index is 1130. The van der Waals surface area contributed by atoms with Crippen LogP contribution in [0.1, 0.15) is 22.3 Å². The Hall–Kier alpha value is -3.84. The Morgan fingerprint density at radius 1 is 0.941 bits per heavy atom. The Morgan fingerprint density at radius 3 is 2.24 bits per heavy atom. The summed E-state index contributed by atoms with van der Waals surface area (Å²) in [6.07, 6.45) is -0.351. The molecule has 0 bridgehead atoms. The number of cyclic esters (lactones) is 1. The van der Waals surface area contributed by atoms with E-state index >= 15 is 0 Å². The van der Waals surface area contributed by atoms with Gasteiger partial charge in [0.25, 0.3) is 0 Å². The highest BCUT2D eigenvalue weighted by molar-refractivity contribution is 5.77. The maximum absolute atomic E-state index is 13.1. The maximum atomic E-state index is 13.1. The van der Waals surface area contributed by atoms with Gasteiger partial charge in [-0.1, -0.05) is 84.9 Å². The van der Waals surface area contributed by atoms with Gasteiger partial charge in [-0.3, -0.25) is 4.90 Å². The van der Waals surface area contributed by atoms with Crippen LogP contribution in [-0.4, -0.2) is 47.6 Å². The van der Waals surface area contributed by atoms with E-state index in [4.69, 9.17) is 10.5 Å². The van der Waals surface area contributed by atoms with Crippen LogP contribution >= 0.6 is 0 Å². The monoisotopic (exact) mass is 456 g/mol. The number of nitrogens with zero attached hydrogens (tertiary/aromatic N) is 2. The molecule has 0 radical (unpaired) electrons. The fourth-order valence-corrected chi connectivity index (χ4v) is 5.00. The zero-order valence-electron chi connectivity index (χ0n) is 18.9. The number of hydrogen-bond donors (Lipinski definition) is 2. The number of urea groups is 1. The second kappa shape index (κ2) is 9.19. The number of carbonyl (C=O) groups excluding carboxylic acids is 2. The van der Waals surface area contributed by atoms with Crippen molar-refractivity contribution in [1.29, 1.82) is 0 Å². The van der Waals surface area contributed by atoms with Gasteiger partial charge in [-0.2, -0.15) is 0 Å². The van der Waals surface area contributed by atoms with E-state index in [1.807, 2.05) is 84.9 Å². The molecule has 7 heteroatoms. The van der Waals surface area contributed by atoms with Gasteiger partial charge < -0.3 is 20.7 Å². The van der Waals surface area contributed by atoms with Crippen LogP contribution in [0.2, 0.25) is 0 Å². The van der Waals surface area contributed by atoms with Crippen molar-refractivity contribution in [2.75, 3.05) is 19.6 Å². The van der Waals surface area contributed by atoms with Gasteiger partial charge in [0, 0.05) is 43.9 Å². The molecule has 0 saturated carbocycles. The predicted octanol–water partition coefficient (Wildman–Crippen LogP) is 3.44. The van der Waals surface area contributed by atoms with Crippen LogP contribution in [0.15, 0.2) is 84.9 Å². The number of benzene rings is 3. The summed E-state index contributed by atoms with van der Waals surface area (Å²) >= 11 is 0. The van der Waals surface area contributed by atoms with E-state index in [9.17, 15) is 9.59 Å². The molecule has 0 aromatic heterocycles. The first kappa shape index (κ1) is 22.0. The third kappa shape index (κ3) is 3.88. The molecule has 2 fully saturated rings. The molecule has 2 heterocycles. The third-order valence-corrected chi connectivity index (χ3v) is 6.70. The highest BCUT2D eigenvalue weighted by Gasteiger charge is 2.58. The molecule has 174 valence electrons. The summed E-state index contributed by atoms with van der Waals surface area (Å²) in [6, 6.07) is 26.9. The molecule has 7 nitrogen and oxygen atoms in total. The summed E-state index contributed by atoms with van der Waals surface area (Å²) in [4.78, 5) is 29.7. The van der Waals surface area contributed by atoms with E-state index in [2.05, 4.69) is 5.32 Å². The Balaban J connectivity index is 1.41. The lowest BCUT2D eigenvalue weighted by molar-refractivity contribution is 0.0511. The van der Waals surface area contributed by atoms with E-state index in [1.165, 1.54) is 0 Å². The normalized spacial score (nSPS) is 18.9. The van der Waals surface area contributed by atoms with Crippen molar-refractivity contribution in [2.24, 2.45) is 5.73 Å². The second-order valence-electron chi connectivity index (χ2n) is 8.67. The highest BCUT2D eigenvalue weighted by Crippen LogP contribution is 2.45. The lowest BCUT2D eigenvalue weighted by Gasteiger charge is -2.42. The zero-order chi connectivity index (χ0) is 23.5. The minimum atomic E-state index is -0.992. The van der Waals surface area contributed by atoms with Crippen molar-refractivity contribution in [2.45, 2.75) is 24.7 Å².